The van der Waals surface area contributed by atoms with E-state index in [1.54, 1.807) is 0 Å². The summed E-state index contributed by atoms with van der Waals surface area (Å²) in [7, 11) is 0. The van der Waals surface area contributed by atoms with Crippen LogP contribution in [0, 0.1) is 10.8 Å². The minimum absolute atomic E-state index is 0.0408. The summed E-state index contributed by atoms with van der Waals surface area (Å²) in [6.45, 7) is 13.4. The van der Waals surface area contributed by atoms with Crippen molar-refractivity contribution in [2.24, 2.45) is 10.8 Å². The number of carbonyl (C=O) groups is 2. The van der Waals surface area contributed by atoms with E-state index in [1.165, 1.54) is 11.1 Å². The Bertz CT molecular complexity index is 625. The summed E-state index contributed by atoms with van der Waals surface area (Å²) >= 11 is 0. The largest absolute Gasteiger partial charge is 0.289 e. The molecule has 1 aliphatic heterocycles. The van der Waals surface area contributed by atoms with Gasteiger partial charge in [-0.3, -0.25) is 14.9 Å². The predicted molar refractivity (Wildman–Crippen MR) is 93.7 cm³/mol. The number of hydrogen-bond donors (Lipinski definition) is 1. The van der Waals surface area contributed by atoms with Gasteiger partial charge in [-0.2, -0.15) is 0 Å². The Hall–Kier alpha value is -1.64. The van der Waals surface area contributed by atoms with Crippen molar-refractivity contribution in [1.29, 1.82) is 0 Å². The molecule has 0 unspecified atom stereocenters. The molecule has 0 saturated carbocycles. The second kappa shape index (κ2) is 6.10. The van der Waals surface area contributed by atoms with Crippen LogP contribution in [0.3, 0.4) is 0 Å². The van der Waals surface area contributed by atoms with E-state index in [9.17, 15) is 9.59 Å². The lowest BCUT2D eigenvalue weighted by Gasteiger charge is -2.30. The average molecular weight is 315 g/mol. The number of imide groups is 1. The van der Waals surface area contributed by atoms with Crippen LogP contribution in [-0.2, 0) is 9.59 Å². The van der Waals surface area contributed by atoms with Crippen molar-refractivity contribution in [3.8, 4) is 0 Å². The molecule has 3 heteroatoms. The van der Waals surface area contributed by atoms with Gasteiger partial charge < -0.3 is 0 Å². The highest BCUT2D eigenvalue weighted by Crippen LogP contribution is 2.41. The third kappa shape index (κ3) is 3.82. The molecule has 2 aliphatic rings. The number of nitrogens with one attached hydrogen (secondary N) is 1. The van der Waals surface area contributed by atoms with Crippen molar-refractivity contribution >= 4 is 11.8 Å². The molecule has 0 atom stereocenters. The van der Waals surface area contributed by atoms with Crippen LogP contribution in [0.15, 0.2) is 34.4 Å². The van der Waals surface area contributed by atoms with Gasteiger partial charge in [-0.1, -0.05) is 57.9 Å². The maximum atomic E-state index is 11.9. The van der Waals surface area contributed by atoms with Gasteiger partial charge in [0, 0.05) is 11.1 Å². The zero-order valence-electron chi connectivity index (χ0n) is 15.3. The monoisotopic (exact) mass is 315 g/mol. The quantitative estimate of drug-likeness (QED) is 0.615. The molecule has 1 aliphatic carbocycles. The van der Waals surface area contributed by atoms with Crippen LogP contribution >= 0.6 is 0 Å². The van der Waals surface area contributed by atoms with E-state index in [0.29, 0.717) is 24.0 Å². The van der Waals surface area contributed by atoms with Crippen LogP contribution < -0.4 is 5.32 Å². The van der Waals surface area contributed by atoms with Crippen molar-refractivity contribution in [2.75, 3.05) is 0 Å². The Morgan fingerprint density at radius 1 is 1.13 bits per heavy atom. The fourth-order valence-electron chi connectivity index (χ4n) is 3.05. The number of rotatable bonds is 4. The van der Waals surface area contributed by atoms with Crippen LogP contribution in [-0.4, -0.2) is 11.8 Å². The number of hydrogen-bond acceptors (Lipinski definition) is 2. The molecule has 0 spiro atoms. The van der Waals surface area contributed by atoms with Gasteiger partial charge in [-0.15, -0.1) is 0 Å². The van der Waals surface area contributed by atoms with E-state index in [0.717, 1.165) is 12.8 Å². The molecule has 0 saturated heterocycles. The van der Waals surface area contributed by atoms with E-state index >= 15 is 0 Å². The number of amides is 2. The Balaban J connectivity index is 2.03. The molecule has 1 N–H and O–H groups in total. The summed E-state index contributed by atoms with van der Waals surface area (Å²) in [5.74, 6) is -0.406. The minimum atomic E-state index is -0.207. The van der Waals surface area contributed by atoms with Crippen LogP contribution in [0.5, 0.6) is 0 Å². The van der Waals surface area contributed by atoms with E-state index in [-0.39, 0.29) is 22.6 Å². The van der Waals surface area contributed by atoms with Crippen LogP contribution in [0.2, 0.25) is 0 Å². The van der Waals surface area contributed by atoms with Crippen LogP contribution in [0.25, 0.3) is 0 Å². The van der Waals surface area contributed by atoms with E-state index in [4.69, 9.17) is 0 Å². The molecule has 1 heterocycles. The second-order valence-electron chi connectivity index (χ2n) is 8.41. The zero-order chi connectivity index (χ0) is 17.4. The molecular formula is C20H29NO2. The fourth-order valence-corrected chi connectivity index (χ4v) is 3.05. The highest BCUT2D eigenvalue weighted by atomic mass is 16.2. The normalized spacial score (nSPS) is 19.7. The van der Waals surface area contributed by atoms with E-state index < -0.39 is 0 Å². The Labute approximate surface area is 139 Å². The lowest BCUT2D eigenvalue weighted by atomic mass is 9.74. The molecule has 3 nitrogen and oxygen atoms in total. The van der Waals surface area contributed by atoms with Gasteiger partial charge in [0.25, 0.3) is 11.8 Å². The minimum Gasteiger partial charge on any atom is -0.289 e. The summed E-state index contributed by atoms with van der Waals surface area (Å²) in [6.07, 6.45) is 7.76. The van der Waals surface area contributed by atoms with E-state index in [1.807, 2.05) is 0 Å². The maximum absolute atomic E-state index is 11.9. The van der Waals surface area contributed by atoms with Gasteiger partial charge in [0.05, 0.1) is 0 Å². The van der Waals surface area contributed by atoms with Gasteiger partial charge in [-0.25, -0.2) is 0 Å². The molecule has 0 aromatic carbocycles. The maximum Gasteiger partial charge on any atom is 0.254 e. The number of allylic oxidation sites excluding steroid dienone is 4. The third-order valence-corrected chi connectivity index (χ3v) is 5.33. The summed E-state index contributed by atoms with van der Waals surface area (Å²) in [6, 6.07) is 0. The Morgan fingerprint density at radius 2 is 1.74 bits per heavy atom. The molecule has 0 aromatic heterocycles. The zero-order valence-corrected chi connectivity index (χ0v) is 15.3. The van der Waals surface area contributed by atoms with Gasteiger partial charge in [0.15, 0.2) is 0 Å². The van der Waals surface area contributed by atoms with E-state index in [2.05, 4.69) is 59.0 Å². The molecule has 23 heavy (non-hydrogen) atoms. The van der Waals surface area contributed by atoms with Crippen molar-refractivity contribution in [2.45, 2.75) is 67.2 Å². The summed E-state index contributed by atoms with van der Waals surface area (Å²) in [5.41, 5.74) is 4.30. The Morgan fingerprint density at radius 3 is 2.35 bits per heavy atom. The molecule has 126 valence electrons. The Kier molecular flexibility index (Phi) is 4.70. The number of carbonyl (C=O) groups excluding carboxylic acids is 2. The molecule has 0 aromatic rings. The molecule has 0 bridgehead atoms. The summed E-state index contributed by atoms with van der Waals surface area (Å²) in [4.78, 5) is 23.6. The van der Waals surface area contributed by atoms with Crippen molar-refractivity contribution < 1.29 is 9.59 Å². The molecule has 0 radical (unpaired) electrons. The first-order valence-corrected chi connectivity index (χ1v) is 8.47. The van der Waals surface area contributed by atoms with Crippen molar-refractivity contribution in [3.05, 3.63) is 34.4 Å². The first-order chi connectivity index (χ1) is 10.5. The van der Waals surface area contributed by atoms with Crippen molar-refractivity contribution in [3.63, 3.8) is 0 Å². The highest BCUT2D eigenvalue weighted by Gasteiger charge is 2.35. The smallest absolute Gasteiger partial charge is 0.254 e. The van der Waals surface area contributed by atoms with Crippen LogP contribution in [0.1, 0.15) is 67.2 Å². The summed E-state index contributed by atoms with van der Waals surface area (Å²) < 4.78 is 0. The lowest BCUT2D eigenvalue weighted by Crippen LogP contribution is -2.23. The van der Waals surface area contributed by atoms with Gasteiger partial charge in [0.2, 0.25) is 0 Å². The fraction of sp³-hybridized carbons (Fsp3) is 0.600. The topological polar surface area (TPSA) is 46.2 Å². The first-order valence-electron chi connectivity index (χ1n) is 8.47. The highest BCUT2D eigenvalue weighted by molar-refractivity contribution is 6.20. The molecule has 2 rings (SSSR count). The third-order valence-electron chi connectivity index (χ3n) is 5.33. The SMILES string of the molecule is C/C(=C\CCC(C)(C)C1=CCC2=C(C1)C(=O)NC2=O)C(C)(C)C. The first kappa shape index (κ1) is 17.7. The van der Waals surface area contributed by atoms with Gasteiger partial charge in [-0.05, 0) is 43.4 Å². The van der Waals surface area contributed by atoms with Gasteiger partial charge >= 0.3 is 0 Å². The molecule has 0 fully saturated rings. The summed E-state index contributed by atoms with van der Waals surface area (Å²) in [5, 5.41) is 2.41. The predicted octanol–water partition coefficient (Wildman–Crippen LogP) is 4.46. The lowest BCUT2D eigenvalue weighted by molar-refractivity contribution is -0.124. The standard InChI is InChI=1S/C20H29NO2/c1-13(19(2,3)4)8-7-11-20(5,6)14-9-10-15-16(12-14)18(23)21-17(15)22/h8-9H,7,10-12H2,1-6H3,(H,21,22,23)/b13-8+. The second-order valence-corrected chi connectivity index (χ2v) is 8.41. The van der Waals surface area contributed by atoms with Crippen molar-refractivity contribution in [1.82, 2.24) is 5.32 Å². The molecular weight excluding hydrogens is 286 g/mol. The molecule has 2 amide bonds. The average Bonchev–Trinajstić information content (AvgIpc) is 2.72. The van der Waals surface area contributed by atoms with Gasteiger partial charge in [0.1, 0.15) is 0 Å². The van der Waals surface area contributed by atoms with Crippen LogP contribution in [0.4, 0.5) is 0 Å².